The van der Waals surface area contributed by atoms with Gasteiger partial charge >= 0.3 is 0 Å². The summed E-state index contributed by atoms with van der Waals surface area (Å²) >= 11 is 0. The van der Waals surface area contributed by atoms with Gasteiger partial charge in [0, 0.05) is 33.2 Å². The Morgan fingerprint density at radius 3 is 2.50 bits per heavy atom. The van der Waals surface area contributed by atoms with Crippen molar-refractivity contribution >= 4 is 10.2 Å². The van der Waals surface area contributed by atoms with E-state index >= 15 is 0 Å². The Bertz CT molecular complexity index is 316. The van der Waals surface area contributed by atoms with Gasteiger partial charge in [0.1, 0.15) is 0 Å². The molecule has 0 aliphatic carbocycles. The molecule has 0 radical (unpaired) electrons. The molecule has 1 aliphatic rings. The molecule has 0 amide bonds. The van der Waals surface area contributed by atoms with E-state index in [0.29, 0.717) is 25.0 Å². The SMILES string of the molecule is CCC1CN(S(=O)(=O)N(C)C)CCC1NC. The van der Waals surface area contributed by atoms with Crippen LogP contribution in [-0.2, 0) is 10.2 Å². The summed E-state index contributed by atoms with van der Waals surface area (Å²) in [6, 6.07) is 0.443. The smallest absolute Gasteiger partial charge is 0.281 e. The molecule has 1 heterocycles. The topological polar surface area (TPSA) is 52.7 Å². The van der Waals surface area contributed by atoms with Crippen LogP contribution in [0.3, 0.4) is 0 Å². The van der Waals surface area contributed by atoms with Gasteiger partial charge in [-0.25, -0.2) is 0 Å². The van der Waals surface area contributed by atoms with Crippen molar-refractivity contribution in [2.75, 3.05) is 34.2 Å². The molecule has 6 heteroatoms. The zero-order chi connectivity index (χ0) is 12.3. The first-order chi connectivity index (χ1) is 7.43. The Morgan fingerprint density at radius 2 is 2.06 bits per heavy atom. The third-order valence-electron chi connectivity index (χ3n) is 3.38. The summed E-state index contributed by atoms with van der Waals surface area (Å²) in [6.07, 6.45) is 1.90. The second kappa shape index (κ2) is 5.44. The third kappa shape index (κ3) is 2.74. The maximum atomic E-state index is 12.0. The van der Waals surface area contributed by atoms with Crippen molar-refractivity contribution in [2.45, 2.75) is 25.8 Å². The third-order valence-corrected chi connectivity index (χ3v) is 5.29. The van der Waals surface area contributed by atoms with Gasteiger partial charge in [-0.05, 0) is 19.4 Å². The molecule has 5 nitrogen and oxygen atoms in total. The summed E-state index contributed by atoms with van der Waals surface area (Å²) in [4.78, 5) is 0. The van der Waals surface area contributed by atoms with Crippen molar-refractivity contribution in [3.8, 4) is 0 Å². The van der Waals surface area contributed by atoms with Crippen molar-refractivity contribution in [3.05, 3.63) is 0 Å². The van der Waals surface area contributed by atoms with Crippen molar-refractivity contribution < 1.29 is 8.42 Å². The van der Waals surface area contributed by atoms with Crippen LogP contribution in [0.15, 0.2) is 0 Å². The van der Waals surface area contributed by atoms with Crippen molar-refractivity contribution in [1.82, 2.24) is 13.9 Å². The lowest BCUT2D eigenvalue weighted by atomic mass is 9.91. The summed E-state index contributed by atoms with van der Waals surface area (Å²) in [5, 5.41) is 3.27. The van der Waals surface area contributed by atoms with E-state index in [1.54, 1.807) is 18.4 Å². The fourth-order valence-electron chi connectivity index (χ4n) is 2.23. The van der Waals surface area contributed by atoms with E-state index in [9.17, 15) is 8.42 Å². The summed E-state index contributed by atoms with van der Waals surface area (Å²) in [5.74, 6) is 0.411. The second-order valence-corrected chi connectivity index (χ2v) is 6.64. The Kier molecular flexibility index (Phi) is 4.73. The standard InChI is InChI=1S/C10H23N3O2S/c1-5-9-8-13(7-6-10(9)11-2)16(14,15)12(3)4/h9-11H,5-8H2,1-4H3. The van der Waals surface area contributed by atoms with Crippen LogP contribution in [0.2, 0.25) is 0 Å². The van der Waals surface area contributed by atoms with Crippen LogP contribution in [-0.4, -0.2) is 57.3 Å². The second-order valence-electron chi connectivity index (χ2n) is 4.50. The van der Waals surface area contributed by atoms with Crippen LogP contribution in [0.4, 0.5) is 0 Å². The quantitative estimate of drug-likeness (QED) is 0.769. The molecule has 0 bridgehead atoms. The van der Waals surface area contributed by atoms with Gasteiger partial charge in [0.2, 0.25) is 0 Å². The molecule has 0 aromatic carbocycles. The van der Waals surface area contributed by atoms with E-state index in [0.717, 1.165) is 12.8 Å². The van der Waals surface area contributed by atoms with Gasteiger partial charge in [-0.3, -0.25) is 0 Å². The summed E-state index contributed by atoms with van der Waals surface area (Å²) in [5.41, 5.74) is 0. The molecule has 16 heavy (non-hydrogen) atoms. The molecule has 2 unspecified atom stereocenters. The van der Waals surface area contributed by atoms with E-state index in [2.05, 4.69) is 12.2 Å². The van der Waals surface area contributed by atoms with E-state index in [-0.39, 0.29) is 0 Å². The molecule has 1 saturated heterocycles. The molecular weight excluding hydrogens is 226 g/mol. The maximum absolute atomic E-state index is 12.0. The zero-order valence-corrected chi connectivity index (χ0v) is 11.4. The largest absolute Gasteiger partial charge is 0.317 e. The van der Waals surface area contributed by atoms with Gasteiger partial charge in [-0.2, -0.15) is 17.0 Å². The molecule has 2 atom stereocenters. The lowest BCUT2D eigenvalue weighted by molar-refractivity contribution is 0.202. The monoisotopic (exact) mass is 249 g/mol. The summed E-state index contributed by atoms with van der Waals surface area (Å²) in [7, 11) is 1.88. The predicted molar refractivity (Wildman–Crippen MR) is 65.4 cm³/mol. The molecular formula is C10H23N3O2S. The van der Waals surface area contributed by atoms with Crippen molar-refractivity contribution in [2.24, 2.45) is 5.92 Å². The average Bonchev–Trinajstić information content (AvgIpc) is 2.27. The summed E-state index contributed by atoms with van der Waals surface area (Å²) in [6.45, 7) is 3.35. The Hall–Kier alpha value is -0.170. The van der Waals surface area contributed by atoms with E-state index < -0.39 is 10.2 Å². The highest BCUT2D eigenvalue weighted by Crippen LogP contribution is 2.22. The van der Waals surface area contributed by atoms with Crippen LogP contribution >= 0.6 is 0 Å². The fraction of sp³-hybridized carbons (Fsp3) is 1.00. The van der Waals surface area contributed by atoms with Crippen LogP contribution in [0, 0.1) is 5.92 Å². The van der Waals surface area contributed by atoms with Gasteiger partial charge in [-0.1, -0.05) is 13.3 Å². The molecule has 1 aliphatic heterocycles. The van der Waals surface area contributed by atoms with E-state index in [1.165, 1.54) is 4.31 Å². The molecule has 96 valence electrons. The number of nitrogens with one attached hydrogen (secondary N) is 1. The Labute approximate surface area is 99.0 Å². The first-order valence-corrected chi connectivity index (χ1v) is 7.18. The first-order valence-electron chi connectivity index (χ1n) is 5.78. The fourth-order valence-corrected chi connectivity index (χ4v) is 3.41. The number of hydrogen-bond donors (Lipinski definition) is 1. The van der Waals surface area contributed by atoms with Crippen LogP contribution in [0.25, 0.3) is 0 Å². The van der Waals surface area contributed by atoms with Crippen molar-refractivity contribution in [1.29, 1.82) is 0 Å². The van der Waals surface area contributed by atoms with Gasteiger partial charge < -0.3 is 5.32 Å². The zero-order valence-electron chi connectivity index (χ0n) is 10.6. The number of hydrogen-bond acceptors (Lipinski definition) is 3. The number of rotatable bonds is 4. The maximum Gasteiger partial charge on any atom is 0.281 e. The highest BCUT2D eigenvalue weighted by molar-refractivity contribution is 7.86. The number of piperidine rings is 1. The van der Waals surface area contributed by atoms with Gasteiger partial charge in [0.25, 0.3) is 10.2 Å². The van der Waals surface area contributed by atoms with Crippen LogP contribution in [0.5, 0.6) is 0 Å². The van der Waals surface area contributed by atoms with Crippen LogP contribution in [0.1, 0.15) is 19.8 Å². The normalized spacial score (nSPS) is 28.6. The summed E-state index contributed by atoms with van der Waals surface area (Å²) < 4.78 is 26.8. The van der Waals surface area contributed by atoms with E-state index in [4.69, 9.17) is 0 Å². The van der Waals surface area contributed by atoms with Crippen molar-refractivity contribution in [3.63, 3.8) is 0 Å². The Balaban J connectivity index is 2.75. The van der Waals surface area contributed by atoms with E-state index in [1.807, 2.05) is 7.05 Å². The first kappa shape index (κ1) is 13.9. The highest BCUT2D eigenvalue weighted by atomic mass is 32.2. The van der Waals surface area contributed by atoms with Gasteiger partial charge in [0.15, 0.2) is 0 Å². The highest BCUT2D eigenvalue weighted by Gasteiger charge is 2.34. The predicted octanol–water partition coefficient (Wildman–Crippen LogP) is 0.113. The molecule has 0 saturated carbocycles. The average molecular weight is 249 g/mol. The molecule has 0 aromatic heterocycles. The van der Waals surface area contributed by atoms with Gasteiger partial charge in [0.05, 0.1) is 0 Å². The molecule has 0 spiro atoms. The minimum atomic E-state index is -3.24. The minimum Gasteiger partial charge on any atom is -0.317 e. The minimum absolute atomic E-state index is 0.411. The van der Waals surface area contributed by atoms with Gasteiger partial charge in [-0.15, -0.1) is 0 Å². The number of nitrogens with zero attached hydrogens (tertiary/aromatic N) is 2. The molecule has 1 N–H and O–H groups in total. The lowest BCUT2D eigenvalue weighted by Crippen LogP contribution is -2.52. The van der Waals surface area contributed by atoms with Crippen LogP contribution < -0.4 is 5.32 Å². The lowest BCUT2D eigenvalue weighted by Gasteiger charge is -2.38. The Morgan fingerprint density at radius 1 is 1.44 bits per heavy atom. The molecule has 1 fully saturated rings. The molecule has 0 aromatic rings. The molecule has 1 rings (SSSR count).